The molecule has 13 nitrogen and oxygen atoms in total. The number of hydrogen-bond acceptors (Lipinski definition) is 11. The first-order valence-electron chi connectivity index (χ1n) is 11.8. The second-order valence-electron chi connectivity index (χ2n) is 8.63. The van der Waals surface area contributed by atoms with Crippen LogP contribution in [0.5, 0.6) is 0 Å². The second-order valence-corrected chi connectivity index (χ2v) is 11.7. The zero-order valence-electron chi connectivity index (χ0n) is 20.6. The molecule has 3 aliphatic rings. The number of thiazole rings is 1. The fourth-order valence-corrected chi connectivity index (χ4v) is 7.32. The van der Waals surface area contributed by atoms with Crippen LogP contribution in [0, 0.1) is 0 Å². The number of anilines is 1. The number of oxime groups is 1. The van der Waals surface area contributed by atoms with E-state index in [1.165, 1.54) is 35.5 Å². The maximum atomic E-state index is 13.0. The number of aromatic nitrogens is 2. The van der Waals surface area contributed by atoms with Gasteiger partial charge in [-0.05, 0) is 12.0 Å². The number of carbonyl (C=O) groups excluding carboxylic acids is 3. The molecule has 16 heteroatoms. The van der Waals surface area contributed by atoms with Gasteiger partial charge in [-0.25, -0.2) is 9.78 Å². The molecule has 204 valence electrons. The number of nitrogens with one attached hydrogen (secondary N) is 1. The lowest BCUT2D eigenvalue weighted by molar-refractivity contribution is -0.682. The summed E-state index contributed by atoms with van der Waals surface area (Å²) < 4.78 is 1.75. The van der Waals surface area contributed by atoms with E-state index in [2.05, 4.69) is 15.5 Å². The van der Waals surface area contributed by atoms with Gasteiger partial charge in [0.15, 0.2) is 10.8 Å². The predicted molar refractivity (Wildman–Crippen MR) is 144 cm³/mol. The number of β-lactam (4-membered cyclic amide) rings is 1. The second kappa shape index (κ2) is 11.2. The number of hydrogen-bond donors (Lipinski definition) is 3. The summed E-state index contributed by atoms with van der Waals surface area (Å²) in [6.45, 7) is 0.675. The summed E-state index contributed by atoms with van der Waals surface area (Å²) in [5.41, 5.74) is 6.27. The van der Waals surface area contributed by atoms with E-state index in [0.29, 0.717) is 30.0 Å². The van der Waals surface area contributed by atoms with E-state index in [-0.39, 0.29) is 28.1 Å². The Morgan fingerprint density at radius 2 is 2.13 bits per heavy atom. The van der Waals surface area contributed by atoms with Gasteiger partial charge in [0.2, 0.25) is 12.4 Å². The summed E-state index contributed by atoms with van der Waals surface area (Å²) in [4.78, 5) is 61.0. The topological polar surface area (TPSA) is 171 Å². The minimum absolute atomic E-state index is 0.0616. The lowest BCUT2D eigenvalue weighted by Gasteiger charge is -2.49. The molecule has 2 atom stereocenters. The molecule has 5 rings (SSSR count). The van der Waals surface area contributed by atoms with Crippen molar-refractivity contribution in [2.24, 2.45) is 5.16 Å². The van der Waals surface area contributed by atoms with E-state index in [4.69, 9.17) is 10.6 Å². The molecule has 4 N–H and O–H groups in total. The molecule has 0 aromatic carbocycles. The summed E-state index contributed by atoms with van der Waals surface area (Å²) >= 11 is 3.95. The van der Waals surface area contributed by atoms with Crippen LogP contribution >= 0.6 is 34.9 Å². The van der Waals surface area contributed by atoms with Crippen LogP contribution < -0.4 is 20.7 Å². The number of aliphatic carboxylic acids is 1. The van der Waals surface area contributed by atoms with Gasteiger partial charge >= 0.3 is 5.97 Å². The van der Waals surface area contributed by atoms with Crippen LogP contribution in [0.4, 0.5) is 5.13 Å². The molecule has 2 aromatic heterocycles. The maximum Gasteiger partial charge on any atom is 0.352 e. The highest BCUT2D eigenvalue weighted by Gasteiger charge is 2.54. The van der Waals surface area contributed by atoms with E-state index < -0.39 is 29.2 Å². The molecule has 2 aromatic rings. The van der Waals surface area contributed by atoms with E-state index in [1.807, 2.05) is 12.1 Å². The minimum Gasteiger partial charge on any atom is -0.477 e. The lowest BCUT2D eigenvalue weighted by Crippen LogP contribution is -2.71. The number of pyridine rings is 1. The number of nitrogens with zero attached hydrogens (tertiary/aromatic N) is 5. The monoisotopic (exact) mass is 590 g/mol. The Balaban J connectivity index is 1.26. The van der Waals surface area contributed by atoms with Gasteiger partial charge in [-0.2, -0.15) is 0 Å². The summed E-state index contributed by atoms with van der Waals surface area (Å²) in [6.07, 6.45) is 4.97. The van der Waals surface area contributed by atoms with Crippen molar-refractivity contribution in [2.45, 2.75) is 29.2 Å². The van der Waals surface area contributed by atoms with Gasteiger partial charge in [-0.15, -0.1) is 39.9 Å². The van der Waals surface area contributed by atoms with Crippen molar-refractivity contribution in [3.05, 3.63) is 46.9 Å². The van der Waals surface area contributed by atoms with Crippen LogP contribution in [-0.2, 0) is 24.0 Å². The van der Waals surface area contributed by atoms with Gasteiger partial charge in [0, 0.05) is 40.3 Å². The van der Waals surface area contributed by atoms with Crippen LogP contribution in [0.25, 0.3) is 0 Å². The average Bonchev–Trinajstić information content (AvgIpc) is 3.56. The van der Waals surface area contributed by atoms with Gasteiger partial charge < -0.3 is 21.0 Å². The lowest BCUT2D eigenvalue weighted by atomic mass is 10.0. The summed E-state index contributed by atoms with van der Waals surface area (Å²) in [6, 6.07) is 2.80. The van der Waals surface area contributed by atoms with E-state index in [1.54, 1.807) is 27.5 Å². The standard InChI is InChI=1S/C23H23N7O6S3/c1-36-27-16(14-11-39-23(24)25-14)19(32)26-17-20(33)30-18(22(34)35)12(10-38-21(17)30)9-37-13-4-7-28(8-5-13)29-6-2-3-15(29)31/h4-5,7-8,11,17,21H,2-3,6,9-10H2,1H3,(H3-,24,25,26,32,34,35)/p+1/b27-16-/t17-,21-/m1/s1. The largest absolute Gasteiger partial charge is 0.477 e. The van der Waals surface area contributed by atoms with Crippen molar-refractivity contribution >= 4 is 69.4 Å². The van der Waals surface area contributed by atoms with Gasteiger partial charge in [0.05, 0.1) is 6.54 Å². The van der Waals surface area contributed by atoms with Crippen LogP contribution in [0.3, 0.4) is 0 Å². The third kappa shape index (κ3) is 5.31. The number of thioether (sulfide) groups is 2. The SMILES string of the molecule is CO/N=C(\C(=O)N[C@@H]1C(=O)N2C(C(=O)O)=C(CSc3cc[n+](N4CCCC4=O)cc3)CS[C@H]12)c1csc(N)n1. The van der Waals surface area contributed by atoms with Crippen LogP contribution in [0.2, 0.25) is 0 Å². The third-order valence-electron chi connectivity index (χ3n) is 6.22. The van der Waals surface area contributed by atoms with Crippen LogP contribution in [0.15, 0.2) is 51.2 Å². The highest BCUT2D eigenvalue weighted by atomic mass is 32.2. The van der Waals surface area contributed by atoms with Crippen LogP contribution in [-0.4, -0.2) is 81.0 Å². The van der Waals surface area contributed by atoms with Gasteiger partial charge in [-0.1, -0.05) is 9.83 Å². The van der Waals surface area contributed by atoms with Gasteiger partial charge in [0.1, 0.15) is 29.9 Å². The van der Waals surface area contributed by atoms with Crippen molar-refractivity contribution in [3.63, 3.8) is 0 Å². The van der Waals surface area contributed by atoms with E-state index >= 15 is 0 Å². The number of carboxylic acids is 1. The molecular weight excluding hydrogens is 566 g/mol. The molecule has 0 bridgehead atoms. The maximum absolute atomic E-state index is 13.0. The Morgan fingerprint density at radius 1 is 1.36 bits per heavy atom. The highest BCUT2D eigenvalue weighted by Crippen LogP contribution is 2.41. The average molecular weight is 591 g/mol. The quantitative estimate of drug-likeness (QED) is 0.120. The number of carboxylic acid groups (broad SMARTS) is 1. The number of rotatable bonds is 9. The van der Waals surface area contributed by atoms with Crippen LogP contribution in [0.1, 0.15) is 18.5 Å². The first-order valence-corrected chi connectivity index (χ1v) is 14.7. The Morgan fingerprint density at radius 3 is 2.74 bits per heavy atom. The molecule has 0 aliphatic carbocycles. The van der Waals surface area contributed by atoms with Crippen molar-refractivity contribution in [3.8, 4) is 0 Å². The number of amides is 3. The van der Waals surface area contributed by atoms with E-state index in [9.17, 15) is 24.3 Å². The summed E-state index contributed by atoms with van der Waals surface area (Å²) in [7, 11) is 1.28. The van der Waals surface area contributed by atoms with Crippen molar-refractivity contribution < 1.29 is 33.8 Å². The van der Waals surface area contributed by atoms with E-state index in [0.717, 1.165) is 22.7 Å². The molecule has 3 amide bonds. The molecule has 39 heavy (non-hydrogen) atoms. The van der Waals surface area contributed by atoms with Gasteiger partial charge in [-0.3, -0.25) is 19.3 Å². The first-order chi connectivity index (χ1) is 18.8. The molecule has 2 fully saturated rings. The van der Waals surface area contributed by atoms with Crippen molar-refractivity contribution in [2.75, 3.05) is 35.9 Å². The third-order valence-corrected chi connectivity index (χ3v) is 9.33. The van der Waals surface area contributed by atoms with Crippen molar-refractivity contribution in [1.29, 1.82) is 0 Å². The highest BCUT2D eigenvalue weighted by molar-refractivity contribution is 8.01. The molecule has 3 aliphatic heterocycles. The molecular formula is C23H24N7O6S3+. The zero-order valence-corrected chi connectivity index (χ0v) is 23.1. The first kappa shape index (κ1) is 27.0. The molecule has 0 saturated carbocycles. The fraction of sp³-hybridized carbons (Fsp3) is 0.348. The van der Waals surface area contributed by atoms with Gasteiger partial charge in [0.25, 0.3) is 17.7 Å². The Bertz CT molecular complexity index is 1390. The number of nitrogens with two attached hydrogens (primary N) is 1. The number of carbonyl (C=O) groups is 4. The molecule has 5 heterocycles. The Hall–Kier alpha value is -3.63. The molecule has 0 radical (unpaired) electrons. The normalized spacial score (nSPS) is 21.1. The molecule has 2 saturated heterocycles. The number of nitrogen functional groups attached to an aromatic ring is 1. The zero-order chi connectivity index (χ0) is 27.7. The van der Waals surface area contributed by atoms with Crippen molar-refractivity contribution in [1.82, 2.24) is 15.2 Å². The Labute approximate surface area is 235 Å². The summed E-state index contributed by atoms with van der Waals surface area (Å²) in [5, 5.41) is 19.2. The summed E-state index contributed by atoms with van der Waals surface area (Å²) in [5.74, 6) is -1.58. The smallest absolute Gasteiger partial charge is 0.352 e. The molecule has 0 spiro atoms. The number of fused-ring (bicyclic) bond motifs is 1. The predicted octanol–water partition coefficient (Wildman–Crippen LogP) is 0.153. The Kier molecular flexibility index (Phi) is 7.76. The minimum atomic E-state index is -1.20. The molecule has 0 unspecified atom stereocenters. The fourth-order valence-electron chi connectivity index (χ4n) is 4.41.